The van der Waals surface area contributed by atoms with Crippen molar-refractivity contribution >= 4 is 70.7 Å². The van der Waals surface area contributed by atoms with Crippen molar-refractivity contribution in [1.82, 2.24) is 0 Å². The van der Waals surface area contributed by atoms with Crippen LogP contribution in [0.5, 0.6) is 11.5 Å². The van der Waals surface area contributed by atoms with Crippen LogP contribution in [0.4, 0.5) is 39.8 Å². The van der Waals surface area contributed by atoms with Gasteiger partial charge in [-0.25, -0.2) is 8.42 Å². The summed E-state index contributed by atoms with van der Waals surface area (Å²) in [6, 6.07) is 31.5. The zero-order chi connectivity index (χ0) is 37.0. The number of para-hydroxylation sites is 1. The summed E-state index contributed by atoms with van der Waals surface area (Å²) in [4.78, 5) is -0.581. The van der Waals surface area contributed by atoms with Crippen molar-refractivity contribution in [3.63, 3.8) is 0 Å². The standard InChI is InChI=1S/C37H32N6O7S2/c1-23-9-11-28(12-10-23)43-51(45,46)30-16-13-27(14-17-30)39-40-32-22-34(50-3)33(19-24(32)2)41-42-36-35(52(47,48)49)21-25-20-29(15-18-31(25)37(36)44)38-26-7-5-4-6-8-26/h4-22,38,43-44H,1-3H3,(H,47,48,49)/b40-39+,42-41+. The van der Waals surface area contributed by atoms with Crippen LogP contribution in [0, 0.1) is 13.8 Å². The number of anilines is 3. The number of ether oxygens (including phenoxy) is 1. The highest BCUT2D eigenvalue weighted by atomic mass is 32.2. The molecule has 0 aromatic heterocycles. The van der Waals surface area contributed by atoms with E-state index in [0.29, 0.717) is 33.7 Å². The van der Waals surface area contributed by atoms with Gasteiger partial charge in [0.2, 0.25) is 0 Å². The SMILES string of the molecule is COc1cc(/N=N/c2ccc(S(=O)(=O)Nc3ccc(C)cc3)cc2)c(C)cc1/N=N/c1c(S(=O)(=O)O)cc2cc(Nc3ccccc3)ccc2c1O. The minimum Gasteiger partial charge on any atom is -0.505 e. The summed E-state index contributed by atoms with van der Waals surface area (Å²) in [7, 11) is -7.27. The molecule has 0 spiro atoms. The van der Waals surface area contributed by atoms with Gasteiger partial charge in [0.1, 0.15) is 22.0 Å². The van der Waals surface area contributed by atoms with Gasteiger partial charge in [0, 0.05) is 28.5 Å². The Morgan fingerprint density at radius 3 is 2.02 bits per heavy atom. The number of fused-ring (bicyclic) bond motifs is 1. The third-order valence-corrected chi connectivity index (χ3v) is 10.1. The summed E-state index contributed by atoms with van der Waals surface area (Å²) in [5.74, 6) is -0.289. The van der Waals surface area contributed by atoms with E-state index in [4.69, 9.17) is 4.74 Å². The molecule has 0 unspecified atom stereocenters. The predicted octanol–water partition coefficient (Wildman–Crippen LogP) is 9.79. The molecule has 52 heavy (non-hydrogen) atoms. The fraction of sp³-hybridized carbons (Fsp3) is 0.0811. The summed E-state index contributed by atoms with van der Waals surface area (Å²) in [5, 5.41) is 31.7. The van der Waals surface area contributed by atoms with Crippen LogP contribution < -0.4 is 14.8 Å². The number of phenolic OH excluding ortho intramolecular Hbond substituents is 1. The van der Waals surface area contributed by atoms with Gasteiger partial charge in [-0.15, -0.1) is 10.2 Å². The minimum atomic E-state index is -4.84. The molecule has 0 aliphatic heterocycles. The van der Waals surface area contributed by atoms with Crippen molar-refractivity contribution < 1.29 is 31.2 Å². The second kappa shape index (κ2) is 14.6. The molecular formula is C37H32N6O7S2. The number of rotatable bonds is 11. The van der Waals surface area contributed by atoms with Gasteiger partial charge in [0.15, 0.2) is 5.75 Å². The van der Waals surface area contributed by atoms with E-state index in [9.17, 15) is 26.5 Å². The van der Waals surface area contributed by atoms with Gasteiger partial charge in [0.25, 0.3) is 20.1 Å². The monoisotopic (exact) mass is 736 g/mol. The Labute approximate surface area is 300 Å². The molecule has 6 rings (SSSR count). The lowest BCUT2D eigenvalue weighted by atomic mass is 10.1. The third kappa shape index (κ3) is 8.07. The predicted molar refractivity (Wildman–Crippen MR) is 200 cm³/mol. The van der Waals surface area contributed by atoms with Gasteiger partial charge >= 0.3 is 0 Å². The molecule has 0 heterocycles. The number of phenols is 1. The van der Waals surface area contributed by atoms with Gasteiger partial charge in [-0.3, -0.25) is 9.27 Å². The molecule has 0 aliphatic carbocycles. The molecule has 15 heteroatoms. The van der Waals surface area contributed by atoms with Gasteiger partial charge in [0.05, 0.1) is 23.4 Å². The Bertz CT molecular complexity index is 2560. The highest BCUT2D eigenvalue weighted by Gasteiger charge is 2.23. The Hall–Kier alpha value is -6.16. The lowest BCUT2D eigenvalue weighted by Crippen LogP contribution is -2.12. The summed E-state index contributed by atoms with van der Waals surface area (Å²) in [5.41, 5.74) is 3.99. The number of sulfonamides is 1. The maximum Gasteiger partial charge on any atom is 0.296 e. The van der Waals surface area contributed by atoms with Crippen molar-refractivity contribution in [2.75, 3.05) is 17.1 Å². The third-order valence-electron chi connectivity index (χ3n) is 7.87. The van der Waals surface area contributed by atoms with E-state index in [1.165, 1.54) is 37.4 Å². The lowest BCUT2D eigenvalue weighted by molar-refractivity contribution is 0.416. The molecule has 0 aliphatic rings. The average molecular weight is 737 g/mol. The fourth-order valence-electron chi connectivity index (χ4n) is 5.17. The molecule has 264 valence electrons. The first-order chi connectivity index (χ1) is 24.8. The van der Waals surface area contributed by atoms with E-state index in [0.717, 1.165) is 11.3 Å². The van der Waals surface area contributed by atoms with Crippen LogP contribution in [0.2, 0.25) is 0 Å². The Morgan fingerprint density at radius 1 is 0.673 bits per heavy atom. The number of methoxy groups -OCH3 is 1. The molecule has 0 amide bonds. The first kappa shape index (κ1) is 35.7. The summed E-state index contributed by atoms with van der Waals surface area (Å²) in [6.07, 6.45) is 0. The molecule has 0 bridgehead atoms. The highest BCUT2D eigenvalue weighted by Crippen LogP contribution is 2.43. The van der Waals surface area contributed by atoms with Gasteiger partial charge in [-0.05, 0) is 104 Å². The zero-order valence-corrected chi connectivity index (χ0v) is 29.6. The topological polar surface area (TPSA) is 191 Å². The summed E-state index contributed by atoms with van der Waals surface area (Å²) >= 11 is 0. The van der Waals surface area contributed by atoms with Crippen LogP contribution in [0.25, 0.3) is 10.8 Å². The molecule has 6 aromatic carbocycles. The lowest BCUT2D eigenvalue weighted by Gasteiger charge is -2.12. The molecule has 0 saturated heterocycles. The van der Waals surface area contributed by atoms with E-state index < -0.39 is 36.5 Å². The van der Waals surface area contributed by atoms with E-state index in [1.807, 2.05) is 49.4 Å². The van der Waals surface area contributed by atoms with Crippen LogP contribution in [0.3, 0.4) is 0 Å². The van der Waals surface area contributed by atoms with Gasteiger partial charge < -0.3 is 15.2 Å². The van der Waals surface area contributed by atoms with Gasteiger partial charge in [-0.1, -0.05) is 35.9 Å². The number of benzene rings is 6. The van der Waals surface area contributed by atoms with Crippen LogP contribution >= 0.6 is 0 Å². The number of nitrogens with one attached hydrogen (secondary N) is 2. The molecule has 0 radical (unpaired) electrons. The Kier molecular flexibility index (Phi) is 10.0. The smallest absolute Gasteiger partial charge is 0.296 e. The second-order valence-electron chi connectivity index (χ2n) is 11.6. The first-order valence-electron chi connectivity index (χ1n) is 15.6. The number of hydrogen-bond donors (Lipinski definition) is 4. The van der Waals surface area contributed by atoms with Crippen molar-refractivity contribution in [2.24, 2.45) is 20.5 Å². The molecule has 6 aromatic rings. The van der Waals surface area contributed by atoms with Crippen molar-refractivity contribution in [1.29, 1.82) is 0 Å². The van der Waals surface area contributed by atoms with Gasteiger partial charge in [-0.2, -0.15) is 18.6 Å². The molecular weight excluding hydrogens is 705 g/mol. The minimum absolute atomic E-state index is 0.0546. The molecule has 13 nitrogen and oxygen atoms in total. The van der Waals surface area contributed by atoms with Crippen LogP contribution in [0.1, 0.15) is 11.1 Å². The highest BCUT2D eigenvalue weighted by molar-refractivity contribution is 7.92. The molecule has 0 saturated carbocycles. The molecule has 0 atom stereocenters. The second-order valence-corrected chi connectivity index (χ2v) is 14.7. The molecule has 0 fully saturated rings. The Balaban J connectivity index is 1.25. The number of hydrogen-bond acceptors (Lipinski definition) is 11. The number of aromatic hydroxyl groups is 1. The zero-order valence-electron chi connectivity index (χ0n) is 28.0. The van der Waals surface area contributed by atoms with E-state index in [1.54, 1.807) is 49.4 Å². The quantitative estimate of drug-likeness (QED) is 0.0746. The summed E-state index contributed by atoms with van der Waals surface area (Å²) in [6.45, 7) is 3.64. The van der Waals surface area contributed by atoms with E-state index in [-0.39, 0.29) is 21.7 Å². The maximum absolute atomic E-state index is 12.8. The van der Waals surface area contributed by atoms with Crippen molar-refractivity contribution in [3.8, 4) is 11.5 Å². The first-order valence-corrected chi connectivity index (χ1v) is 18.5. The van der Waals surface area contributed by atoms with Crippen LogP contribution in [-0.4, -0.2) is 33.6 Å². The van der Waals surface area contributed by atoms with E-state index in [2.05, 4.69) is 30.5 Å². The maximum atomic E-state index is 12.8. The van der Waals surface area contributed by atoms with Crippen molar-refractivity contribution in [3.05, 3.63) is 126 Å². The van der Waals surface area contributed by atoms with Crippen LogP contribution in [0.15, 0.2) is 146 Å². The Morgan fingerprint density at radius 2 is 1.35 bits per heavy atom. The molecule has 4 N–H and O–H groups in total. The average Bonchev–Trinajstić information content (AvgIpc) is 3.11. The normalized spacial score (nSPS) is 12.1. The van der Waals surface area contributed by atoms with E-state index >= 15 is 0 Å². The van der Waals surface area contributed by atoms with Crippen molar-refractivity contribution in [2.45, 2.75) is 23.6 Å². The largest absolute Gasteiger partial charge is 0.505 e. The summed E-state index contributed by atoms with van der Waals surface area (Å²) < 4.78 is 68.7. The number of aryl methyl sites for hydroxylation is 2. The number of azo groups is 2. The van der Waals surface area contributed by atoms with Crippen LogP contribution in [-0.2, 0) is 20.1 Å². The fourth-order valence-corrected chi connectivity index (χ4v) is 6.88. The number of nitrogens with zero attached hydrogens (tertiary/aromatic N) is 4.